The summed E-state index contributed by atoms with van der Waals surface area (Å²) in [4.78, 5) is 4.94. The third-order valence-electron chi connectivity index (χ3n) is 11.5. The van der Waals surface area contributed by atoms with Crippen LogP contribution in [0.5, 0.6) is 0 Å². The molecule has 0 radical (unpaired) electrons. The molecule has 11 rings (SSSR count). The second-order valence-electron chi connectivity index (χ2n) is 14.9. The van der Waals surface area contributed by atoms with Gasteiger partial charge in [-0.05, 0) is 99.4 Å². The molecule has 0 bridgehead atoms. The standard InChI is InChI=1S/C54H38N2S/c1-3-14-37(15-4-1)42-22-13-25-46(32-42)56(48-29-27-39-17-8-10-19-41(39)34-48)50-30-31-51(54-53(50)49-35-43-20-11-12-21-44(43)36-52(49)57-54)55(45-23-5-2-6-24-45)47-28-26-38-16-7-9-18-40(38)33-47/h1-36,39,41H. The largest absolute Gasteiger partial charge is 0.310 e. The van der Waals surface area contributed by atoms with E-state index >= 15 is 0 Å². The summed E-state index contributed by atoms with van der Waals surface area (Å²) in [6.07, 6.45) is 16.1. The molecular formula is C54H38N2S. The molecule has 2 atom stereocenters. The van der Waals surface area contributed by atoms with E-state index in [1.165, 1.54) is 58.5 Å². The number of rotatable bonds is 7. The maximum absolute atomic E-state index is 2.50. The first-order valence-electron chi connectivity index (χ1n) is 19.7. The Bertz CT molecular complexity index is 3100. The Morgan fingerprint density at radius 3 is 1.86 bits per heavy atom. The van der Waals surface area contributed by atoms with Crippen LogP contribution in [0.4, 0.5) is 28.4 Å². The molecule has 0 N–H and O–H groups in total. The molecule has 9 aromatic rings. The van der Waals surface area contributed by atoms with Gasteiger partial charge < -0.3 is 9.80 Å². The molecule has 3 heteroatoms. The van der Waals surface area contributed by atoms with Crippen LogP contribution in [0.15, 0.2) is 224 Å². The van der Waals surface area contributed by atoms with Crippen LogP contribution < -0.4 is 9.80 Å². The van der Waals surface area contributed by atoms with Gasteiger partial charge in [0.15, 0.2) is 0 Å². The molecule has 270 valence electrons. The van der Waals surface area contributed by atoms with Crippen LogP contribution >= 0.6 is 11.3 Å². The number of benzene rings is 8. The van der Waals surface area contributed by atoms with Crippen molar-refractivity contribution in [3.05, 3.63) is 224 Å². The van der Waals surface area contributed by atoms with Gasteiger partial charge in [0.1, 0.15) is 0 Å². The van der Waals surface area contributed by atoms with Crippen LogP contribution in [0.25, 0.3) is 52.8 Å². The predicted molar refractivity (Wildman–Crippen MR) is 246 cm³/mol. The molecule has 2 aliphatic carbocycles. The van der Waals surface area contributed by atoms with E-state index in [9.17, 15) is 0 Å². The second kappa shape index (κ2) is 14.0. The van der Waals surface area contributed by atoms with Crippen LogP contribution in [0.1, 0.15) is 0 Å². The minimum atomic E-state index is 0.286. The summed E-state index contributed by atoms with van der Waals surface area (Å²) in [5.41, 5.74) is 9.27. The van der Waals surface area contributed by atoms with Crippen LogP contribution in [0, 0.1) is 11.8 Å². The molecule has 1 heterocycles. The molecule has 0 fully saturated rings. The van der Waals surface area contributed by atoms with Gasteiger partial charge in [0.05, 0.1) is 16.1 Å². The number of hydrogen-bond donors (Lipinski definition) is 0. The summed E-state index contributed by atoms with van der Waals surface area (Å²) in [6.45, 7) is 0. The molecule has 0 amide bonds. The third kappa shape index (κ3) is 5.96. The van der Waals surface area contributed by atoms with Crippen molar-refractivity contribution < 1.29 is 0 Å². The van der Waals surface area contributed by atoms with Gasteiger partial charge in [0, 0.05) is 50.1 Å². The fraction of sp³-hybridized carbons (Fsp3) is 0.0370. The Balaban J connectivity index is 1.20. The highest BCUT2D eigenvalue weighted by Crippen LogP contribution is 2.51. The topological polar surface area (TPSA) is 6.48 Å². The molecular weight excluding hydrogens is 709 g/mol. The second-order valence-corrected chi connectivity index (χ2v) is 16.0. The highest BCUT2D eigenvalue weighted by atomic mass is 32.1. The fourth-order valence-corrected chi connectivity index (χ4v) is 9.97. The van der Waals surface area contributed by atoms with E-state index in [1.54, 1.807) is 0 Å². The zero-order valence-corrected chi connectivity index (χ0v) is 32.1. The fourth-order valence-electron chi connectivity index (χ4n) is 8.71. The third-order valence-corrected chi connectivity index (χ3v) is 12.7. The zero-order valence-electron chi connectivity index (χ0n) is 31.2. The minimum Gasteiger partial charge on any atom is -0.310 e. The molecule has 2 aliphatic rings. The molecule has 0 spiro atoms. The lowest BCUT2D eigenvalue weighted by Crippen LogP contribution is -2.21. The van der Waals surface area contributed by atoms with Crippen molar-refractivity contribution in [1.29, 1.82) is 0 Å². The van der Waals surface area contributed by atoms with Gasteiger partial charge in [-0.2, -0.15) is 0 Å². The zero-order chi connectivity index (χ0) is 37.7. The lowest BCUT2D eigenvalue weighted by molar-refractivity contribution is 0.653. The Labute approximate surface area is 336 Å². The Hall–Kier alpha value is -6.94. The van der Waals surface area contributed by atoms with Gasteiger partial charge >= 0.3 is 0 Å². The average Bonchev–Trinajstić information content (AvgIpc) is 3.65. The van der Waals surface area contributed by atoms with Crippen molar-refractivity contribution in [2.75, 3.05) is 9.80 Å². The van der Waals surface area contributed by atoms with E-state index in [-0.39, 0.29) is 5.92 Å². The Morgan fingerprint density at radius 2 is 1.05 bits per heavy atom. The van der Waals surface area contributed by atoms with Crippen molar-refractivity contribution in [2.45, 2.75) is 0 Å². The smallest absolute Gasteiger partial charge is 0.0641 e. The van der Waals surface area contributed by atoms with E-state index in [0.717, 1.165) is 28.4 Å². The lowest BCUT2D eigenvalue weighted by Gasteiger charge is -2.33. The summed E-state index contributed by atoms with van der Waals surface area (Å²) >= 11 is 1.89. The summed E-state index contributed by atoms with van der Waals surface area (Å²) in [7, 11) is 0. The van der Waals surface area contributed by atoms with Crippen LogP contribution in [0.3, 0.4) is 0 Å². The molecule has 2 nitrogen and oxygen atoms in total. The number of anilines is 5. The monoisotopic (exact) mass is 746 g/mol. The minimum absolute atomic E-state index is 0.286. The van der Waals surface area contributed by atoms with E-state index in [2.05, 4.69) is 228 Å². The lowest BCUT2D eigenvalue weighted by atomic mass is 9.84. The maximum atomic E-state index is 2.50. The van der Waals surface area contributed by atoms with Gasteiger partial charge in [-0.3, -0.25) is 0 Å². The Kier molecular flexibility index (Phi) is 8.19. The molecule has 0 saturated heterocycles. The van der Waals surface area contributed by atoms with E-state index in [4.69, 9.17) is 0 Å². The number of para-hydroxylation sites is 1. The first-order chi connectivity index (χ1) is 28.2. The summed E-state index contributed by atoms with van der Waals surface area (Å²) in [5, 5.41) is 7.46. The van der Waals surface area contributed by atoms with E-state index in [0.29, 0.717) is 5.92 Å². The summed E-state index contributed by atoms with van der Waals surface area (Å²) < 4.78 is 2.52. The molecule has 1 aromatic heterocycles. The highest BCUT2D eigenvalue weighted by molar-refractivity contribution is 7.26. The summed E-state index contributed by atoms with van der Waals surface area (Å²) in [6, 6.07) is 64.3. The normalized spacial score (nSPS) is 16.0. The maximum Gasteiger partial charge on any atom is 0.0641 e. The van der Waals surface area contributed by atoms with Crippen molar-refractivity contribution in [3.8, 4) is 11.1 Å². The first-order valence-corrected chi connectivity index (χ1v) is 20.5. The number of thiophene rings is 1. The number of allylic oxidation sites excluding steroid dienone is 7. The average molecular weight is 747 g/mol. The predicted octanol–water partition coefficient (Wildman–Crippen LogP) is 15.4. The van der Waals surface area contributed by atoms with Crippen molar-refractivity contribution in [1.82, 2.24) is 0 Å². The van der Waals surface area contributed by atoms with Gasteiger partial charge in [0.25, 0.3) is 0 Å². The number of nitrogens with zero attached hydrogens (tertiary/aromatic N) is 2. The van der Waals surface area contributed by atoms with Crippen molar-refractivity contribution >= 4 is 81.5 Å². The molecule has 0 aliphatic heterocycles. The van der Waals surface area contributed by atoms with E-state index < -0.39 is 0 Å². The van der Waals surface area contributed by atoms with Crippen molar-refractivity contribution in [2.24, 2.45) is 11.8 Å². The van der Waals surface area contributed by atoms with Crippen LogP contribution in [-0.2, 0) is 0 Å². The van der Waals surface area contributed by atoms with Crippen LogP contribution in [0.2, 0.25) is 0 Å². The van der Waals surface area contributed by atoms with Gasteiger partial charge in [-0.25, -0.2) is 0 Å². The first kappa shape index (κ1) is 33.4. The highest BCUT2D eigenvalue weighted by Gasteiger charge is 2.27. The number of hydrogen-bond acceptors (Lipinski definition) is 3. The van der Waals surface area contributed by atoms with Gasteiger partial charge in [0.2, 0.25) is 0 Å². The van der Waals surface area contributed by atoms with Gasteiger partial charge in [-0.15, -0.1) is 11.3 Å². The molecule has 57 heavy (non-hydrogen) atoms. The summed E-state index contributed by atoms with van der Waals surface area (Å²) in [5.74, 6) is 0.641. The Morgan fingerprint density at radius 1 is 0.421 bits per heavy atom. The van der Waals surface area contributed by atoms with Gasteiger partial charge in [-0.1, -0.05) is 152 Å². The molecule has 2 unspecified atom stereocenters. The van der Waals surface area contributed by atoms with E-state index in [1.807, 2.05) is 11.3 Å². The molecule has 0 saturated carbocycles. The number of fused-ring (bicyclic) bond motifs is 6. The van der Waals surface area contributed by atoms with Crippen molar-refractivity contribution in [3.63, 3.8) is 0 Å². The quantitative estimate of drug-likeness (QED) is 0.160. The molecule has 8 aromatic carbocycles. The van der Waals surface area contributed by atoms with Crippen LogP contribution in [-0.4, -0.2) is 0 Å². The SMILES string of the molecule is C1=CC2C=CC(N(c3cccc(-c4ccccc4)c3)c3ccc(N(c4ccccc4)c4ccc5ccccc5c4)c4sc5cc6ccccc6cc5c34)=CC2C=C1.